The molecule has 1 aromatic rings. The fourth-order valence-electron chi connectivity index (χ4n) is 2.45. The quantitative estimate of drug-likeness (QED) is 0.881. The molecule has 0 bridgehead atoms. The van der Waals surface area contributed by atoms with E-state index in [0.29, 0.717) is 23.4 Å². The van der Waals surface area contributed by atoms with E-state index in [1.807, 2.05) is 4.57 Å². The number of hydrogen-bond acceptors (Lipinski definition) is 3. The minimum atomic E-state index is -1.33. The predicted octanol–water partition coefficient (Wildman–Crippen LogP) is 1.45. The van der Waals surface area contributed by atoms with Gasteiger partial charge in [0.2, 0.25) is 0 Å². The molecule has 7 heteroatoms. The van der Waals surface area contributed by atoms with Crippen LogP contribution >= 0.6 is 11.6 Å². The van der Waals surface area contributed by atoms with Crippen LogP contribution in [-0.2, 0) is 9.53 Å². The molecule has 2 aliphatic rings. The lowest BCUT2D eigenvalue weighted by Gasteiger charge is -2.24. The zero-order valence-corrected chi connectivity index (χ0v) is 11.5. The molecule has 1 saturated heterocycles. The number of carboxylic acid groups (broad SMARTS) is 1. The lowest BCUT2D eigenvalue weighted by Crippen LogP contribution is -2.55. The fraction of sp³-hybridized carbons (Fsp3) is 0.538. The van der Waals surface area contributed by atoms with Gasteiger partial charge in [0.1, 0.15) is 5.69 Å². The number of amides is 1. The van der Waals surface area contributed by atoms with E-state index in [2.05, 4.69) is 5.32 Å². The second-order valence-electron chi connectivity index (χ2n) is 5.33. The highest BCUT2D eigenvalue weighted by atomic mass is 35.5. The van der Waals surface area contributed by atoms with Crippen molar-refractivity contribution in [3.8, 4) is 0 Å². The summed E-state index contributed by atoms with van der Waals surface area (Å²) in [6, 6.07) is 1.87. The van der Waals surface area contributed by atoms with Crippen LogP contribution < -0.4 is 5.32 Å². The Morgan fingerprint density at radius 2 is 2.25 bits per heavy atom. The highest BCUT2D eigenvalue weighted by Gasteiger charge is 2.44. The number of carbonyl (C=O) groups is 2. The summed E-state index contributed by atoms with van der Waals surface area (Å²) in [6.45, 7) is 0.322. The number of rotatable bonds is 4. The fourth-order valence-corrected chi connectivity index (χ4v) is 2.66. The lowest BCUT2D eigenvalue weighted by atomic mass is 9.99. The van der Waals surface area contributed by atoms with Crippen molar-refractivity contribution in [2.75, 3.05) is 13.2 Å². The third-order valence-electron chi connectivity index (χ3n) is 3.77. The van der Waals surface area contributed by atoms with Crippen LogP contribution in [0.1, 0.15) is 35.8 Å². The molecule has 2 N–H and O–H groups in total. The van der Waals surface area contributed by atoms with Crippen molar-refractivity contribution in [3.05, 3.63) is 23.0 Å². The lowest BCUT2D eigenvalue weighted by molar-refractivity contribution is -0.144. The summed E-state index contributed by atoms with van der Waals surface area (Å²) < 4.78 is 6.95. The maximum absolute atomic E-state index is 12.4. The minimum absolute atomic E-state index is 0.00799. The van der Waals surface area contributed by atoms with E-state index in [9.17, 15) is 14.7 Å². The summed E-state index contributed by atoms with van der Waals surface area (Å²) >= 11 is 5.95. The van der Waals surface area contributed by atoms with E-state index in [0.717, 1.165) is 12.8 Å². The molecular weight excluding hydrogens is 284 g/mol. The van der Waals surface area contributed by atoms with Crippen LogP contribution in [0.2, 0.25) is 5.02 Å². The molecule has 108 valence electrons. The molecule has 1 unspecified atom stereocenters. The molecule has 3 rings (SSSR count). The van der Waals surface area contributed by atoms with Crippen LogP contribution in [0.4, 0.5) is 0 Å². The predicted molar refractivity (Wildman–Crippen MR) is 71.0 cm³/mol. The highest BCUT2D eigenvalue weighted by Crippen LogP contribution is 2.37. The molecule has 0 spiro atoms. The third kappa shape index (κ3) is 2.29. The molecule has 0 aromatic carbocycles. The van der Waals surface area contributed by atoms with Crippen LogP contribution in [-0.4, -0.2) is 40.3 Å². The van der Waals surface area contributed by atoms with Gasteiger partial charge >= 0.3 is 5.97 Å². The largest absolute Gasteiger partial charge is 0.479 e. The molecular formula is C13H15ClN2O4. The van der Waals surface area contributed by atoms with Crippen LogP contribution in [0, 0.1) is 0 Å². The summed E-state index contributed by atoms with van der Waals surface area (Å²) in [7, 11) is 0. The maximum Gasteiger partial charge on any atom is 0.331 e. The Labute approximate surface area is 120 Å². The average molecular weight is 299 g/mol. The van der Waals surface area contributed by atoms with Crippen LogP contribution in [0.3, 0.4) is 0 Å². The van der Waals surface area contributed by atoms with Gasteiger partial charge in [-0.1, -0.05) is 11.6 Å². The van der Waals surface area contributed by atoms with Crippen molar-refractivity contribution in [2.45, 2.75) is 30.8 Å². The summed E-state index contributed by atoms with van der Waals surface area (Å²) in [5, 5.41) is 12.4. The van der Waals surface area contributed by atoms with Gasteiger partial charge in [0.25, 0.3) is 5.91 Å². The van der Waals surface area contributed by atoms with E-state index in [-0.39, 0.29) is 13.0 Å². The summed E-state index contributed by atoms with van der Waals surface area (Å²) in [6.07, 6.45) is 4.01. The molecule has 1 atom stereocenters. The highest BCUT2D eigenvalue weighted by molar-refractivity contribution is 6.31. The third-order valence-corrected chi connectivity index (χ3v) is 3.98. The molecule has 6 nitrogen and oxygen atoms in total. The molecule has 1 aromatic heterocycles. The topological polar surface area (TPSA) is 80.6 Å². The van der Waals surface area contributed by atoms with Crippen molar-refractivity contribution >= 4 is 23.5 Å². The Balaban J connectivity index is 1.84. The van der Waals surface area contributed by atoms with Gasteiger partial charge in [-0.2, -0.15) is 0 Å². The van der Waals surface area contributed by atoms with Gasteiger partial charge < -0.3 is 19.7 Å². The molecule has 1 saturated carbocycles. The minimum Gasteiger partial charge on any atom is -0.479 e. The van der Waals surface area contributed by atoms with Crippen LogP contribution in [0.25, 0.3) is 0 Å². The maximum atomic E-state index is 12.4. The Kier molecular flexibility index (Phi) is 3.22. The Hall–Kier alpha value is -1.53. The molecule has 2 heterocycles. The average Bonchev–Trinajstić information content (AvgIpc) is 3.00. The van der Waals surface area contributed by atoms with E-state index in [1.165, 1.54) is 0 Å². The Bertz CT molecular complexity index is 559. The van der Waals surface area contributed by atoms with E-state index < -0.39 is 17.4 Å². The summed E-state index contributed by atoms with van der Waals surface area (Å²) in [4.78, 5) is 23.8. The molecule has 1 aliphatic carbocycles. The van der Waals surface area contributed by atoms with Gasteiger partial charge in [-0.25, -0.2) is 4.79 Å². The first kappa shape index (κ1) is 13.5. The van der Waals surface area contributed by atoms with Gasteiger partial charge in [-0.3, -0.25) is 4.79 Å². The van der Waals surface area contributed by atoms with Crippen molar-refractivity contribution < 1.29 is 19.4 Å². The zero-order chi connectivity index (χ0) is 14.3. The molecule has 2 fully saturated rings. The van der Waals surface area contributed by atoms with Crippen LogP contribution in [0.5, 0.6) is 0 Å². The SMILES string of the molecule is O=C(NC1(C(=O)O)CCOC1)c1cc(Cl)cn1C1CC1. The second kappa shape index (κ2) is 4.79. The van der Waals surface area contributed by atoms with Gasteiger partial charge in [0.15, 0.2) is 5.54 Å². The van der Waals surface area contributed by atoms with Crippen LogP contribution in [0.15, 0.2) is 12.3 Å². The number of aliphatic carboxylic acids is 1. The summed E-state index contributed by atoms with van der Waals surface area (Å²) in [5.41, 5.74) is -0.924. The summed E-state index contributed by atoms with van der Waals surface area (Å²) in [5.74, 6) is -1.49. The number of hydrogen-bond donors (Lipinski definition) is 2. The first-order chi connectivity index (χ1) is 9.52. The Morgan fingerprint density at radius 1 is 1.50 bits per heavy atom. The first-order valence-corrected chi connectivity index (χ1v) is 6.91. The van der Waals surface area contributed by atoms with Gasteiger partial charge in [0.05, 0.1) is 11.6 Å². The van der Waals surface area contributed by atoms with Crippen molar-refractivity contribution in [1.29, 1.82) is 0 Å². The molecule has 1 aliphatic heterocycles. The van der Waals surface area contributed by atoms with E-state index in [1.54, 1.807) is 12.3 Å². The zero-order valence-electron chi connectivity index (χ0n) is 10.8. The van der Waals surface area contributed by atoms with Gasteiger partial charge in [0, 0.05) is 25.3 Å². The van der Waals surface area contributed by atoms with E-state index >= 15 is 0 Å². The number of aromatic nitrogens is 1. The number of nitrogens with one attached hydrogen (secondary N) is 1. The standard InChI is InChI=1S/C13H15ClN2O4/c14-8-5-10(16(6-8)9-1-2-9)11(17)15-13(12(18)19)3-4-20-7-13/h5-6,9H,1-4,7H2,(H,15,17)(H,18,19). The van der Waals surface area contributed by atoms with Crippen molar-refractivity contribution in [1.82, 2.24) is 9.88 Å². The second-order valence-corrected chi connectivity index (χ2v) is 5.76. The normalized spacial score (nSPS) is 25.6. The number of nitrogens with zero attached hydrogens (tertiary/aromatic N) is 1. The van der Waals surface area contributed by atoms with Crippen molar-refractivity contribution in [3.63, 3.8) is 0 Å². The molecule has 0 radical (unpaired) electrons. The van der Waals surface area contributed by atoms with Crippen molar-refractivity contribution in [2.24, 2.45) is 0 Å². The smallest absolute Gasteiger partial charge is 0.331 e. The number of halogens is 1. The monoisotopic (exact) mass is 298 g/mol. The number of carbonyl (C=O) groups excluding carboxylic acids is 1. The Morgan fingerprint density at radius 3 is 2.80 bits per heavy atom. The number of ether oxygens (including phenoxy) is 1. The van der Waals surface area contributed by atoms with Gasteiger partial charge in [-0.15, -0.1) is 0 Å². The van der Waals surface area contributed by atoms with Gasteiger partial charge in [-0.05, 0) is 18.9 Å². The molecule has 1 amide bonds. The number of carboxylic acids is 1. The molecule has 20 heavy (non-hydrogen) atoms. The first-order valence-electron chi connectivity index (χ1n) is 6.53. The van der Waals surface area contributed by atoms with E-state index in [4.69, 9.17) is 16.3 Å².